The van der Waals surface area contributed by atoms with Gasteiger partial charge in [0.25, 0.3) is 5.91 Å². The summed E-state index contributed by atoms with van der Waals surface area (Å²) in [6.07, 6.45) is 4.31. The van der Waals surface area contributed by atoms with Gasteiger partial charge in [-0.15, -0.1) is 11.8 Å². The number of para-hydroxylation sites is 2. The number of nitrogens with zero attached hydrogens (tertiary/aromatic N) is 2. The first-order chi connectivity index (χ1) is 14.7. The predicted octanol–water partition coefficient (Wildman–Crippen LogP) is 6.03. The highest BCUT2D eigenvalue weighted by Crippen LogP contribution is 2.32. The molecule has 1 N–H and O–H groups in total. The first-order valence-corrected chi connectivity index (χ1v) is 11.2. The minimum absolute atomic E-state index is 0.271. The predicted molar refractivity (Wildman–Crippen MR) is 118 cm³/mol. The van der Waals surface area contributed by atoms with E-state index in [0.29, 0.717) is 33.8 Å². The number of aryl methyl sites for hydroxylation is 1. The zero-order valence-corrected chi connectivity index (χ0v) is 17.8. The number of benzene rings is 2. The molecule has 0 spiro atoms. The number of nitrogens with one attached hydrogen (secondary N) is 1. The molecule has 0 aliphatic rings. The number of rotatable bonds is 8. The van der Waals surface area contributed by atoms with Gasteiger partial charge >= 0.3 is 0 Å². The molecule has 0 saturated heterocycles. The Hall–Kier alpha value is -3.10. The van der Waals surface area contributed by atoms with Gasteiger partial charge in [0.05, 0.1) is 27.9 Å². The molecule has 0 unspecified atom stereocenters. The molecular weight excluding hydrogens is 418 g/mol. The standard InChI is InChI=1S/C22H19N3O3S2/c1-2-15-12-23-19(28-15)14-29-20-13-24-22(30-20)25-21(26)17-10-6-7-11-18(17)27-16-8-4-3-5-9-16/h3-13H,2,14H2,1H3,(H,24,25,26). The lowest BCUT2D eigenvalue weighted by Gasteiger charge is -2.10. The highest BCUT2D eigenvalue weighted by molar-refractivity contribution is 8.00. The van der Waals surface area contributed by atoms with E-state index in [1.54, 1.807) is 42.4 Å². The second-order valence-corrected chi connectivity index (χ2v) is 8.52. The number of amides is 1. The van der Waals surface area contributed by atoms with Crippen LogP contribution >= 0.6 is 23.1 Å². The molecule has 2 aromatic heterocycles. The molecule has 1 amide bonds. The molecule has 0 aliphatic carbocycles. The molecule has 30 heavy (non-hydrogen) atoms. The normalized spacial score (nSPS) is 10.7. The van der Waals surface area contributed by atoms with Gasteiger partial charge in [0.2, 0.25) is 5.89 Å². The van der Waals surface area contributed by atoms with Crippen molar-refractivity contribution in [1.82, 2.24) is 9.97 Å². The third-order valence-electron chi connectivity index (χ3n) is 4.10. The monoisotopic (exact) mass is 437 g/mol. The Labute approximate surface area is 182 Å². The highest BCUT2D eigenvalue weighted by Gasteiger charge is 2.15. The van der Waals surface area contributed by atoms with Crippen LogP contribution in [-0.4, -0.2) is 15.9 Å². The topological polar surface area (TPSA) is 77.2 Å². The molecule has 0 bridgehead atoms. The van der Waals surface area contributed by atoms with Gasteiger partial charge in [-0.25, -0.2) is 9.97 Å². The van der Waals surface area contributed by atoms with E-state index in [9.17, 15) is 4.79 Å². The zero-order chi connectivity index (χ0) is 20.8. The number of carbonyl (C=O) groups excluding carboxylic acids is 1. The van der Waals surface area contributed by atoms with Gasteiger partial charge in [-0.1, -0.05) is 48.6 Å². The van der Waals surface area contributed by atoms with E-state index in [0.717, 1.165) is 16.4 Å². The number of thioether (sulfide) groups is 1. The van der Waals surface area contributed by atoms with Gasteiger partial charge in [0, 0.05) is 6.42 Å². The SMILES string of the molecule is CCc1cnc(CSc2cnc(NC(=O)c3ccccc3Oc3ccccc3)s2)o1. The molecule has 0 fully saturated rings. The Morgan fingerprint density at radius 1 is 1.10 bits per heavy atom. The van der Waals surface area contributed by atoms with Crippen LogP contribution in [0.15, 0.2) is 75.6 Å². The average molecular weight is 438 g/mol. The summed E-state index contributed by atoms with van der Waals surface area (Å²) in [5, 5.41) is 3.38. The van der Waals surface area contributed by atoms with Crippen molar-refractivity contribution in [2.75, 3.05) is 5.32 Å². The van der Waals surface area contributed by atoms with Crippen LogP contribution in [0, 0.1) is 0 Å². The van der Waals surface area contributed by atoms with Crippen molar-refractivity contribution >= 4 is 34.1 Å². The number of anilines is 1. The van der Waals surface area contributed by atoms with E-state index < -0.39 is 0 Å². The fraction of sp³-hybridized carbons (Fsp3) is 0.136. The number of thiazole rings is 1. The van der Waals surface area contributed by atoms with Crippen LogP contribution in [0.1, 0.15) is 28.9 Å². The molecule has 0 radical (unpaired) electrons. The Morgan fingerprint density at radius 2 is 1.90 bits per heavy atom. The summed E-state index contributed by atoms with van der Waals surface area (Å²) in [7, 11) is 0. The third kappa shape index (κ3) is 5.08. The van der Waals surface area contributed by atoms with Crippen molar-refractivity contribution in [3.8, 4) is 11.5 Å². The molecule has 2 aromatic carbocycles. The second-order valence-electron chi connectivity index (χ2n) is 6.21. The molecule has 0 saturated carbocycles. The van der Waals surface area contributed by atoms with E-state index >= 15 is 0 Å². The van der Waals surface area contributed by atoms with Crippen molar-refractivity contribution < 1.29 is 13.9 Å². The molecule has 0 atom stereocenters. The maximum absolute atomic E-state index is 12.8. The number of oxazole rings is 1. The zero-order valence-electron chi connectivity index (χ0n) is 16.2. The summed E-state index contributed by atoms with van der Waals surface area (Å²) in [4.78, 5) is 21.4. The van der Waals surface area contributed by atoms with Gasteiger partial charge in [-0.2, -0.15) is 0 Å². The smallest absolute Gasteiger partial charge is 0.261 e. The minimum atomic E-state index is -0.271. The summed E-state index contributed by atoms with van der Waals surface area (Å²) >= 11 is 2.98. The number of hydrogen-bond donors (Lipinski definition) is 1. The minimum Gasteiger partial charge on any atom is -0.457 e. The molecular formula is C22H19N3O3S2. The summed E-state index contributed by atoms with van der Waals surface area (Å²) in [5.41, 5.74) is 0.442. The summed E-state index contributed by atoms with van der Waals surface area (Å²) in [6, 6.07) is 16.5. The molecule has 6 nitrogen and oxygen atoms in total. The largest absolute Gasteiger partial charge is 0.457 e. The Kier molecular flexibility index (Phi) is 6.46. The van der Waals surface area contributed by atoms with Crippen LogP contribution in [-0.2, 0) is 12.2 Å². The van der Waals surface area contributed by atoms with Crippen LogP contribution in [0.4, 0.5) is 5.13 Å². The molecule has 4 rings (SSSR count). The lowest BCUT2D eigenvalue weighted by Crippen LogP contribution is -2.12. The molecule has 0 aliphatic heterocycles. The number of hydrogen-bond acceptors (Lipinski definition) is 7. The quantitative estimate of drug-likeness (QED) is 0.339. The maximum Gasteiger partial charge on any atom is 0.261 e. The lowest BCUT2D eigenvalue weighted by atomic mass is 10.2. The van der Waals surface area contributed by atoms with Crippen molar-refractivity contribution in [1.29, 1.82) is 0 Å². The van der Waals surface area contributed by atoms with Crippen LogP contribution in [0.3, 0.4) is 0 Å². The van der Waals surface area contributed by atoms with Crippen LogP contribution in [0.2, 0.25) is 0 Å². The Morgan fingerprint density at radius 3 is 2.70 bits per heavy atom. The van der Waals surface area contributed by atoms with Gasteiger partial charge in [0.1, 0.15) is 17.3 Å². The Bertz CT molecular complexity index is 1130. The molecule has 2 heterocycles. The van der Waals surface area contributed by atoms with E-state index in [1.807, 2.05) is 43.3 Å². The Balaban J connectivity index is 1.40. The van der Waals surface area contributed by atoms with E-state index in [4.69, 9.17) is 9.15 Å². The van der Waals surface area contributed by atoms with Gasteiger partial charge in [-0.05, 0) is 24.3 Å². The highest BCUT2D eigenvalue weighted by atomic mass is 32.2. The average Bonchev–Trinajstić information content (AvgIpc) is 3.42. The lowest BCUT2D eigenvalue weighted by molar-refractivity contribution is 0.102. The van der Waals surface area contributed by atoms with E-state index in [2.05, 4.69) is 15.3 Å². The second kappa shape index (κ2) is 9.60. The van der Waals surface area contributed by atoms with Gasteiger partial charge in [-0.3, -0.25) is 10.1 Å². The third-order valence-corrected chi connectivity index (χ3v) is 6.19. The van der Waals surface area contributed by atoms with Crippen LogP contribution < -0.4 is 10.1 Å². The summed E-state index contributed by atoms with van der Waals surface area (Å²) in [5.74, 6) is 3.06. The maximum atomic E-state index is 12.8. The summed E-state index contributed by atoms with van der Waals surface area (Å²) in [6.45, 7) is 2.03. The molecule has 152 valence electrons. The van der Waals surface area contributed by atoms with Crippen molar-refractivity contribution in [3.63, 3.8) is 0 Å². The van der Waals surface area contributed by atoms with Gasteiger partial charge < -0.3 is 9.15 Å². The molecule has 4 aromatic rings. The van der Waals surface area contributed by atoms with Crippen LogP contribution in [0.5, 0.6) is 11.5 Å². The number of ether oxygens (including phenoxy) is 1. The fourth-order valence-corrected chi connectivity index (χ4v) is 4.34. The number of aromatic nitrogens is 2. The van der Waals surface area contributed by atoms with E-state index in [-0.39, 0.29) is 5.91 Å². The number of carbonyl (C=O) groups is 1. The van der Waals surface area contributed by atoms with E-state index in [1.165, 1.54) is 11.3 Å². The van der Waals surface area contributed by atoms with Gasteiger partial charge in [0.15, 0.2) is 5.13 Å². The molecule has 8 heteroatoms. The summed E-state index contributed by atoms with van der Waals surface area (Å²) < 4.78 is 12.5. The van der Waals surface area contributed by atoms with Crippen molar-refractivity contribution in [3.05, 3.63) is 84.2 Å². The first kappa shape index (κ1) is 20.2. The van der Waals surface area contributed by atoms with Crippen molar-refractivity contribution in [2.45, 2.75) is 23.3 Å². The van der Waals surface area contributed by atoms with Crippen molar-refractivity contribution in [2.24, 2.45) is 0 Å². The van der Waals surface area contributed by atoms with Crippen LogP contribution in [0.25, 0.3) is 0 Å². The first-order valence-electron chi connectivity index (χ1n) is 9.36. The fourth-order valence-electron chi connectivity index (χ4n) is 2.62.